The van der Waals surface area contributed by atoms with Gasteiger partial charge in [-0.25, -0.2) is 13.1 Å². The minimum absolute atomic E-state index is 0.0543. The molecular weight excluding hydrogens is 304 g/mol. The molecule has 0 spiro atoms. The molecule has 0 amide bonds. The van der Waals surface area contributed by atoms with E-state index in [9.17, 15) is 13.5 Å². The van der Waals surface area contributed by atoms with Crippen LogP contribution in [0.15, 0.2) is 12.1 Å². The van der Waals surface area contributed by atoms with Gasteiger partial charge in [0.25, 0.3) is 0 Å². The molecule has 0 fully saturated rings. The van der Waals surface area contributed by atoms with Crippen LogP contribution in [0.5, 0.6) is 11.5 Å². The number of sulfonamides is 1. The lowest BCUT2D eigenvalue weighted by molar-refractivity contribution is 0.369. The summed E-state index contributed by atoms with van der Waals surface area (Å²) in [6.45, 7) is 1.40. The Morgan fingerprint density at radius 1 is 1.35 bits per heavy atom. The number of hydrogen-bond donors (Lipinski definition) is 3. The van der Waals surface area contributed by atoms with Gasteiger partial charge in [-0.15, -0.1) is 0 Å². The van der Waals surface area contributed by atoms with E-state index >= 15 is 0 Å². The van der Waals surface area contributed by atoms with Crippen LogP contribution in [0.1, 0.15) is 12.0 Å². The molecule has 0 aliphatic rings. The Bertz CT molecular complexity index is 549. The summed E-state index contributed by atoms with van der Waals surface area (Å²) in [6.07, 6.45) is 1.77. The highest BCUT2D eigenvalue weighted by molar-refractivity contribution is 7.88. The molecule has 0 unspecified atom stereocenters. The molecule has 1 aromatic rings. The van der Waals surface area contributed by atoms with Crippen molar-refractivity contribution < 1.29 is 18.3 Å². The first-order valence-corrected chi connectivity index (χ1v) is 8.31. The second-order valence-electron chi connectivity index (χ2n) is 4.31. The second-order valence-corrected chi connectivity index (χ2v) is 6.58. The second kappa shape index (κ2) is 7.68. The van der Waals surface area contributed by atoms with Crippen molar-refractivity contribution in [3.05, 3.63) is 22.7 Å². The van der Waals surface area contributed by atoms with E-state index in [-0.39, 0.29) is 5.75 Å². The highest BCUT2D eigenvalue weighted by Crippen LogP contribution is 2.33. The normalized spacial score (nSPS) is 11.6. The van der Waals surface area contributed by atoms with Crippen LogP contribution in [0.2, 0.25) is 5.02 Å². The Morgan fingerprint density at radius 2 is 2.05 bits per heavy atom. The number of benzene rings is 1. The number of methoxy groups -OCH3 is 1. The van der Waals surface area contributed by atoms with Crippen LogP contribution in [-0.4, -0.2) is 40.0 Å². The fourth-order valence-electron chi connectivity index (χ4n) is 1.61. The molecule has 3 N–H and O–H groups in total. The van der Waals surface area contributed by atoms with Crippen LogP contribution in [0.4, 0.5) is 0 Å². The van der Waals surface area contributed by atoms with Crippen molar-refractivity contribution in [2.45, 2.75) is 13.0 Å². The maximum absolute atomic E-state index is 10.8. The maximum Gasteiger partial charge on any atom is 0.208 e. The molecule has 0 aliphatic heterocycles. The molecule has 6 nitrogen and oxygen atoms in total. The highest BCUT2D eigenvalue weighted by Gasteiger charge is 2.09. The Hall–Kier alpha value is -1.02. The lowest BCUT2D eigenvalue weighted by Gasteiger charge is -2.11. The molecule has 20 heavy (non-hydrogen) atoms. The number of aromatic hydroxyl groups is 1. The maximum atomic E-state index is 10.8. The molecule has 0 aliphatic carbocycles. The molecule has 0 atom stereocenters. The quantitative estimate of drug-likeness (QED) is 0.623. The zero-order chi connectivity index (χ0) is 15.2. The van der Waals surface area contributed by atoms with Crippen molar-refractivity contribution in [1.82, 2.24) is 10.0 Å². The largest absolute Gasteiger partial charge is 0.504 e. The van der Waals surface area contributed by atoms with Crippen LogP contribution in [0.25, 0.3) is 0 Å². The topological polar surface area (TPSA) is 87.7 Å². The van der Waals surface area contributed by atoms with Gasteiger partial charge in [-0.05, 0) is 19.0 Å². The van der Waals surface area contributed by atoms with E-state index in [4.69, 9.17) is 16.3 Å². The van der Waals surface area contributed by atoms with Gasteiger partial charge in [-0.2, -0.15) is 0 Å². The monoisotopic (exact) mass is 322 g/mol. The average Bonchev–Trinajstić information content (AvgIpc) is 2.35. The molecule has 8 heteroatoms. The number of hydrogen-bond acceptors (Lipinski definition) is 5. The zero-order valence-electron chi connectivity index (χ0n) is 11.4. The van der Waals surface area contributed by atoms with Crippen molar-refractivity contribution >= 4 is 21.6 Å². The molecule has 1 rings (SSSR count). The van der Waals surface area contributed by atoms with Gasteiger partial charge in [0.05, 0.1) is 13.4 Å². The summed E-state index contributed by atoms with van der Waals surface area (Å²) in [4.78, 5) is 0. The van der Waals surface area contributed by atoms with E-state index in [1.54, 1.807) is 6.07 Å². The fourth-order valence-corrected chi connectivity index (χ4v) is 2.36. The van der Waals surface area contributed by atoms with Gasteiger partial charge in [-0.3, -0.25) is 0 Å². The molecule has 1 aromatic carbocycles. The lowest BCUT2D eigenvalue weighted by Crippen LogP contribution is -2.26. The number of phenols is 1. The molecule has 0 aromatic heterocycles. The van der Waals surface area contributed by atoms with E-state index in [1.807, 2.05) is 0 Å². The summed E-state index contributed by atoms with van der Waals surface area (Å²) < 4.78 is 29.1. The van der Waals surface area contributed by atoms with Crippen LogP contribution in [-0.2, 0) is 16.6 Å². The van der Waals surface area contributed by atoms with Crippen molar-refractivity contribution in [3.63, 3.8) is 0 Å². The molecule has 0 heterocycles. The number of phenolic OH excluding ortho intramolecular Hbond substituents is 1. The molecule has 114 valence electrons. The van der Waals surface area contributed by atoms with Gasteiger partial charge >= 0.3 is 0 Å². The third-order valence-electron chi connectivity index (χ3n) is 2.55. The molecule has 0 bridgehead atoms. The minimum atomic E-state index is -3.14. The molecule has 0 saturated carbocycles. The molecule has 0 saturated heterocycles. The summed E-state index contributed by atoms with van der Waals surface area (Å²) in [5, 5.41) is 13.5. The van der Waals surface area contributed by atoms with Crippen LogP contribution < -0.4 is 14.8 Å². The van der Waals surface area contributed by atoms with Gasteiger partial charge in [0.1, 0.15) is 0 Å². The summed E-state index contributed by atoms with van der Waals surface area (Å²) in [5.41, 5.74) is 0.630. The average molecular weight is 323 g/mol. The number of rotatable bonds is 8. The van der Waals surface area contributed by atoms with E-state index in [2.05, 4.69) is 10.0 Å². The predicted molar refractivity (Wildman–Crippen MR) is 78.8 cm³/mol. The van der Waals surface area contributed by atoms with Crippen LogP contribution >= 0.6 is 11.6 Å². The zero-order valence-corrected chi connectivity index (χ0v) is 13.0. The van der Waals surface area contributed by atoms with Gasteiger partial charge in [0, 0.05) is 29.7 Å². The Morgan fingerprint density at radius 3 is 2.65 bits per heavy atom. The highest BCUT2D eigenvalue weighted by atomic mass is 35.5. The number of nitrogens with one attached hydrogen (secondary N) is 2. The Balaban J connectivity index is 2.41. The standard InChI is InChI=1S/C12H19ClN2O4S/c1-19-11-7-10(13)6-9(12(11)16)8-14-4-3-5-15-20(2,17)18/h6-7,14-16H,3-5,8H2,1-2H3. The predicted octanol–water partition coefficient (Wildman–Crippen LogP) is 1.08. The minimum Gasteiger partial charge on any atom is -0.504 e. The van der Waals surface area contributed by atoms with Crippen molar-refractivity contribution in [2.24, 2.45) is 0 Å². The number of ether oxygens (including phenoxy) is 1. The van der Waals surface area contributed by atoms with Crippen molar-refractivity contribution in [3.8, 4) is 11.5 Å². The lowest BCUT2D eigenvalue weighted by atomic mass is 10.2. The first-order valence-electron chi connectivity index (χ1n) is 6.04. The van der Waals surface area contributed by atoms with E-state index in [1.165, 1.54) is 13.2 Å². The van der Waals surface area contributed by atoms with Crippen LogP contribution in [0, 0.1) is 0 Å². The summed E-state index contributed by atoms with van der Waals surface area (Å²) in [5.74, 6) is 0.381. The summed E-state index contributed by atoms with van der Waals surface area (Å²) in [7, 11) is -1.68. The Kier molecular flexibility index (Phi) is 6.54. The smallest absolute Gasteiger partial charge is 0.208 e. The molecular formula is C12H19ClN2O4S. The van der Waals surface area contributed by atoms with Crippen molar-refractivity contribution in [1.29, 1.82) is 0 Å². The van der Waals surface area contributed by atoms with E-state index in [0.717, 1.165) is 6.26 Å². The van der Waals surface area contributed by atoms with Crippen LogP contribution in [0.3, 0.4) is 0 Å². The third kappa shape index (κ3) is 5.96. The van der Waals surface area contributed by atoms with Gasteiger partial charge in [0.2, 0.25) is 10.0 Å². The molecule has 0 radical (unpaired) electrons. The SMILES string of the molecule is COc1cc(Cl)cc(CNCCCNS(C)(=O)=O)c1O. The van der Waals surface area contributed by atoms with Crippen molar-refractivity contribution in [2.75, 3.05) is 26.5 Å². The first-order chi connectivity index (χ1) is 9.33. The van der Waals surface area contributed by atoms with Gasteiger partial charge < -0.3 is 15.2 Å². The van der Waals surface area contributed by atoms with E-state index in [0.29, 0.717) is 42.4 Å². The Labute approximate surface area is 124 Å². The first kappa shape index (κ1) is 17.0. The number of halogens is 1. The van der Waals surface area contributed by atoms with Gasteiger partial charge in [0.15, 0.2) is 11.5 Å². The van der Waals surface area contributed by atoms with Gasteiger partial charge in [-0.1, -0.05) is 11.6 Å². The fraction of sp³-hybridized carbons (Fsp3) is 0.500. The summed E-state index contributed by atoms with van der Waals surface area (Å²) in [6, 6.07) is 3.19. The van der Waals surface area contributed by atoms with E-state index < -0.39 is 10.0 Å². The summed E-state index contributed by atoms with van der Waals surface area (Å²) >= 11 is 5.92. The third-order valence-corrected chi connectivity index (χ3v) is 3.50.